The predicted molar refractivity (Wildman–Crippen MR) is 172 cm³/mol. The van der Waals surface area contributed by atoms with Crippen LogP contribution in [0.3, 0.4) is 0 Å². The number of hydrogen-bond donors (Lipinski definition) is 0. The first-order valence-corrected chi connectivity index (χ1v) is 14.5. The summed E-state index contributed by atoms with van der Waals surface area (Å²) in [6, 6.07) is 57.3. The summed E-state index contributed by atoms with van der Waals surface area (Å²) in [5.41, 5.74) is 12.2. The largest absolute Gasteiger partial charge is 0.456 e. The van der Waals surface area contributed by atoms with E-state index in [0.29, 0.717) is 0 Å². The molecule has 0 aromatic heterocycles. The van der Waals surface area contributed by atoms with E-state index in [2.05, 4.69) is 152 Å². The topological polar surface area (TPSA) is 9.23 Å². The van der Waals surface area contributed by atoms with Crippen LogP contribution in [-0.4, -0.2) is 0 Å². The molecule has 0 radical (unpaired) electrons. The molecular formula is C41H26O. The molecule has 0 amide bonds. The predicted octanol–water partition coefficient (Wildman–Crippen LogP) is 10.6. The minimum absolute atomic E-state index is 0.426. The highest BCUT2D eigenvalue weighted by atomic mass is 16.5. The molecule has 196 valence electrons. The van der Waals surface area contributed by atoms with E-state index in [1.165, 1.54) is 60.8 Å². The van der Waals surface area contributed by atoms with E-state index in [9.17, 15) is 0 Å². The van der Waals surface area contributed by atoms with Gasteiger partial charge in [-0.2, -0.15) is 0 Å². The average Bonchev–Trinajstić information content (AvgIpc) is 3.37. The molecule has 0 unspecified atom stereocenters. The Hall–Kier alpha value is -5.40. The van der Waals surface area contributed by atoms with Gasteiger partial charge in [-0.1, -0.05) is 140 Å². The molecule has 0 N–H and O–H groups in total. The van der Waals surface area contributed by atoms with Gasteiger partial charge in [-0.3, -0.25) is 0 Å². The molecule has 0 saturated carbocycles. The third-order valence-corrected chi connectivity index (χ3v) is 9.15. The zero-order valence-electron chi connectivity index (χ0n) is 22.9. The summed E-state index contributed by atoms with van der Waals surface area (Å²) in [7, 11) is 0. The van der Waals surface area contributed by atoms with Crippen LogP contribution in [-0.2, 0) is 5.41 Å². The lowest BCUT2D eigenvalue weighted by molar-refractivity contribution is 0.487. The van der Waals surface area contributed by atoms with Gasteiger partial charge in [0.1, 0.15) is 11.5 Å². The van der Waals surface area contributed by atoms with E-state index in [1.54, 1.807) is 0 Å². The molecule has 1 aliphatic carbocycles. The van der Waals surface area contributed by atoms with Crippen molar-refractivity contribution >= 4 is 10.8 Å². The van der Waals surface area contributed by atoms with E-state index >= 15 is 0 Å². The summed E-state index contributed by atoms with van der Waals surface area (Å²) < 4.78 is 6.40. The molecule has 42 heavy (non-hydrogen) atoms. The van der Waals surface area contributed by atoms with Crippen LogP contribution in [0, 0.1) is 0 Å². The van der Waals surface area contributed by atoms with Gasteiger partial charge in [-0.05, 0) is 68.1 Å². The van der Waals surface area contributed by atoms with Crippen molar-refractivity contribution in [2.75, 3.05) is 0 Å². The Morgan fingerprint density at radius 3 is 1.81 bits per heavy atom. The molecule has 1 heterocycles. The van der Waals surface area contributed by atoms with E-state index in [0.717, 1.165) is 17.1 Å². The first-order chi connectivity index (χ1) is 20.8. The zero-order chi connectivity index (χ0) is 27.7. The average molecular weight is 535 g/mol. The molecule has 0 spiro atoms. The lowest BCUT2D eigenvalue weighted by Gasteiger charge is -2.34. The molecule has 1 heteroatoms. The maximum Gasteiger partial charge on any atom is 0.135 e. The van der Waals surface area contributed by atoms with Gasteiger partial charge in [0.15, 0.2) is 0 Å². The van der Waals surface area contributed by atoms with E-state index in [4.69, 9.17) is 4.74 Å². The lowest BCUT2D eigenvalue weighted by atomic mass is 9.67. The van der Waals surface area contributed by atoms with Crippen LogP contribution in [0.4, 0.5) is 0 Å². The van der Waals surface area contributed by atoms with Crippen LogP contribution >= 0.6 is 0 Å². The van der Waals surface area contributed by atoms with Crippen molar-refractivity contribution in [2.24, 2.45) is 0 Å². The third-order valence-electron chi connectivity index (χ3n) is 9.15. The molecule has 1 aliphatic heterocycles. The highest BCUT2D eigenvalue weighted by Crippen LogP contribution is 2.57. The highest BCUT2D eigenvalue weighted by molar-refractivity contribution is 6.10. The van der Waals surface area contributed by atoms with Gasteiger partial charge in [0.2, 0.25) is 0 Å². The van der Waals surface area contributed by atoms with E-state index in [-0.39, 0.29) is 0 Å². The van der Waals surface area contributed by atoms with Gasteiger partial charge in [0.25, 0.3) is 0 Å². The van der Waals surface area contributed by atoms with Crippen molar-refractivity contribution in [3.05, 3.63) is 180 Å². The maximum absolute atomic E-state index is 6.40. The van der Waals surface area contributed by atoms with Crippen LogP contribution in [0.25, 0.3) is 44.2 Å². The number of rotatable bonds is 3. The first kappa shape index (κ1) is 23.3. The molecule has 0 saturated heterocycles. The number of ether oxygens (including phenoxy) is 1. The van der Waals surface area contributed by atoms with Gasteiger partial charge in [-0.15, -0.1) is 0 Å². The van der Waals surface area contributed by atoms with Gasteiger partial charge in [0.05, 0.1) is 5.41 Å². The molecule has 0 fully saturated rings. The Morgan fingerprint density at radius 2 is 1.02 bits per heavy atom. The van der Waals surface area contributed by atoms with Crippen molar-refractivity contribution in [1.29, 1.82) is 0 Å². The fraction of sp³-hybridized carbons (Fsp3) is 0.0244. The second-order valence-corrected chi connectivity index (χ2v) is 11.2. The highest BCUT2D eigenvalue weighted by Gasteiger charge is 2.45. The molecule has 2 aliphatic rings. The Balaban J connectivity index is 1.36. The zero-order valence-corrected chi connectivity index (χ0v) is 22.9. The van der Waals surface area contributed by atoms with Crippen LogP contribution < -0.4 is 4.74 Å². The van der Waals surface area contributed by atoms with Crippen LogP contribution in [0.5, 0.6) is 11.5 Å². The fourth-order valence-corrected chi connectivity index (χ4v) is 7.46. The van der Waals surface area contributed by atoms with Crippen molar-refractivity contribution in [3.8, 4) is 44.9 Å². The van der Waals surface area contributed by atoms with Gasteiger partial charge < -0.3 is 4.74 Å². The van der Waals surface area contributed by atoms with Crippen LogP contribution in [0.2, 0.25) is 0 Å². The monoisotopic (exact) mass is 534 g/mol. The van der Waals surface area contributed by atoms with E-state index in [1.807, 2.05) is 6.07 Å². The summed E-state index contributed by atoms with van der Waals surface area (Å²) in [5.74, 6) is 1.82. The Labute approximate surface area is 245 Å². The Morgan fingerprint density at radius 1 is 0.405 bits per heavy atom. The maximum atomic E-state index is 6.40. The standard InChI is InChI=1S/C41H26O/c1-2-14-29(15-3-1)41(35-20-7-4-17-32(35)33-18-5-8-21-36(33)41)30-16-10-13-28(26-30)31-25-24-27-12-11-23-38-39(27)40(31)34-19-6-9-22-37(34)42-38/h1-26H. The number of para-hydroxylation sites is 1. The first-order valence-electron chi connectivity index (χ1n) is 14.5. The summed E-state index contributed by atoms with van der Waals surface area (Å²) in [5, 5.41) is 2.37. The quantitative estimate of drug-likeness (QED) is 0.219. The Bertz CT molecular complexity index is 2130. The minimum atomic E-state index is -0.426. The summed E-state index contributed by atoms with van der Waals surface area (Å²) in [4.78, 5) is 0. The van der Waals surface area contributed by atoms with Gasteiger partial charge >= 0.3 is 0 Å². The smallest absolute Gasteiger partial charge is 0.135 e. The summed E-state index contributed by atoms with van der Waals surface area (Å²) in [6.45, 7) is 0. The third kappa shape index (κ3) is 3.08. The molecule has 0 bridgehead atoms. The van der Waals surface area contributed by atoms with Crippen molar-refractivity contribution < 1.29 is 4.74 Å². The molecular weight excluding hydrogens is 508 g/mol. The molecule has 1 nitrogen and oxygen atoms in total. The SMILES string of the molecule is c1ccc(C2(c3cccc(-c4ccc5cccc6c5c4-c4ccccc4O6)c3)c3ccccc3-c3ccccc32)cc1. The van der Waals surface area contributed by atoms with E-state index < -0.39 is 5.41 Å². The second-order valence-electron chi connectivity index (χ2n) is 11.2. The summed E-state index contributed by atoms with van der Waals surface area (Å²) in [6.07, 6.45) is 0. The molecule has 0 atom stereocenters. The number of benzene rings is 7. The fourth-order valence-electron chi connectivity index (χ4n) is 7.46. The minimum Gasteiger partial charge on any atom is -0.456 e. The van der Waals surface area contributed by atoms with Crippen molar-refractivity contribution in [2.45, 2.75) is 5.41 Å². The normalized spacial score (nSPS) is 13.6. The van der Waals surface area contributed by atoms with Crippen LogP contribution in [0.15, 0.2) is 158 Å². The molecule has 7 aromatic rings. The summed E-state index contributed by atoms with van der Waals surface area (Å²) >= 11 is 0. The number of fused-ring (bicyclic) bond motifs is 5. The molecule has 9 rings (SSSR count). The van der Waals surface area contributed by atoms with Crippen molar-refractivity contribution in [1.82, 2.24) is 0 Å². The molecule has 7 aromatic carbocycles. The second kappa shape index (κ2) is 8.80. The van der Waals surface area contributed by atoms with Gasteiger partial charge in [-0.25, -0.2) is 0 Å². The van der Waals surface area contributed by atoms with Gasteiger partial charge in [0, 0.05) is 16.5 Å². The number of hydrogen-bond acceptors (Lipinski definition) is 1. The van der Waals surface area contributed by atoms with Crippen molar-refractivity contribution in [3.63, 3.8) is 0 Å². The Kier molecular flexibility index (Phi) is 4.88. The van der Waals surface area contributed by atoms with Crippen LogP contribution in [0.1, 0.15) is 22.3 Å². The lowest BCUT2D eigenvalue weighted by Crippen LogP contribution is -2.28.